The summed E-state index contributed by atoms with van der Waals surface area (Å²) in [5, 5.41) is 8.40. The van der Waals surface area contributed by atoms with Crippen molar-refractivity contribution in [1.29, 1.82) is 0 Å². The van der Waals surface area contributed by atoms with Crippen molar-refractivity contribution in [3.63, 3.8) is 0 Å². The summed E-state index contributed by atoms with van der Waals surface area (Å²) >= 11 is 0. The molecule has 0 fully saturated rings. The Morgan fingerprint density at radius 2 is 2.12 bits per heavy atom. The second-order valence-corrected chi connectivity index (χ2v) is 2.35. The smallest absolute Gasteiger partial charge is 0.283 e. The molecular formula is C5H11BO2. The van der Waals surface area contributed by atoms with Gasteiger partial charge in [0.2, 0.25) is 0 Å². The quantitative estimate of drug-likeness (QED) is 0.532. The van der Waals surface area contributed by atoms with E-state index in [2.05, 4.69) is 4.65 Å². The molecule has 0 aromatic heterocycles. The molecule has 0 amide bonds. The normalized spacial score (nSPS) is 11.9. The van der Waals surface area contributed by atoms with Crippen molar-refractivity contribution in [2.45, 2.75) is 25.9 Å². The number of rotatable bonds is 3. The SMILES string of the molecule is [B]OC(C)(C)CCO. The molecule has 2 radical (unpaired) electrons. The van der Waals surface area contributed by atoms with Gasteiger partial charge in [0, 0.05) is 12.2 Å². The maximum Gasteiger partial charge on any atom is 0.283 e. The molecule has 8 heavy (non-hydrogen) atoms. The van der Waals surface area contributed by atoms with Gasteiger partial charge in [-0.15, -0.1) is 0 Å². The molecule has 0 aliphatic heterocycles. The Morgan fingerprint density at radius 3 is 2.25 bits per heavy atom. The first-order chi connectivity index (χ1) is 3.62. The summed E-state index contributed by atoms with van der Waals surface area (Å²) in [5.41, 5.74) is -0.380. The first-order valence-corrected chi connectivity index (χ1v) is 2.61. The van der Waals surface area contributed by atoms with Crippen LogP contribution in [-0.4, -0.2) is 25.4 Å². The van der Waals surface area contributed by atoms with Crippen LogP contribution in [0.1, 0.15) is 20.3 Å². The van der Waals surface area contributed by atoms with Crippen molar-refractivity contribution in [3.05, 3.63) is 0 Å². The Hall–Kier alpha value is -0.0151. The zero-order valence-electron chi connectivity index (χ0n) is 5.35. The summed E-state index contributed by atoms with van der Waals surface area (Å²) in [6, 6.07) is 0. The van der Waals surface area contributed by atoms with Crippen LogP contribution < -0.4 is 0 Å². The van der Waals surface area contributed by atoms with Crippen molar-refractivity contribution >= 4 is 8.05 Å². The summed E-state index contributed by atoms with van der Waals surface area (Å²) in [4.78, 5) is 0. The van der Waals surface area contributed by atoms with Crippen LogP contribution >= 0.6 is 0 Å². The van der Waals surface area contributed by atoms with E-state index >= 15 is 0 Å². The zero-order valence-corrected chi connectivity index (χ0v) is 5.35. The lowest BCUT2D eigenvalue weighted by Gasteiger charge is -2.21. The monoisotopic (exact) mass is 114 g/mol. The highest BCUT2D eigenvalue weighted by Gasteiger charge is 2.12. The van der Waals surface area contributed by atoms with Crippen LogP contribution in [0.3, 0.4) is 0 Å². The van der Waals surface area contributed by atoms with Gasteiger partial charge < -0.3 is 9.76 Å². The molecule has 0 rings (SSSR count). The fraction of sp³-hybridized carbons (Fsp3) is 1.00. The van der Waals surface area contributed by atoms with E-state index in [0.29, 0.717) is 6.42 Å². The fourth-order valence-electron chi connectivity index (χ4n) is 0.328. The van der Waals surface area contributed by atoms with Gasteiger partial charge in [-0.2, -0.15) is 0 Å². The summed E-state index contributed by atoms with van der Waals surface area (Å²) in [6.07, 6.45) is 0.573. The number of hydrogen-bond acceptors (Lipinski definition) is 2. The zero-order chi connectivity index (χ0) is 6.62. The van der Waals surface area contributed by atoms with E-state index in [-0.39, 0.29) is 12.2 Å². The van der Waals surface area contributed by atoms with Gasteiger partial charge in [-0.25, -0.2) is 0 Å². The lowest BCUT2D eigenvalue weighted by atomic mass is 10.1. The predicted octanol–water partition coefficient (Wildman–Crippen LogP) is 0.247. The van der Waals surface area contributed by atoms with E-state index in [0.717, 1.165) is 0 Å². The third-order valence-electron chi connectivity index (χ3n) is 1.03. The number of aliphatic hydroxyl groups excluding tert-OH is 1. The lowest BCUT2D eigenvalue weighted by Crippen LogP contribution is -2.24. The molecule has 1 N–H and O–H groups in total. The van der Waals surface area contributed by atoms with Gasteiger partial charge in [0.1, 0.15) is 0 Å². The first kappa shape index (κ1) is 7.98. The third-order valence-corrected chi connectivity index (χ3v) is 1.03. The van der Waals surface area contributed by atoms with Crippen LogP contribution in [0.15, 0.2) is 0 Å². The topological polar surface area (TPSA) is 29.5 Å². The van der Waals surface area contributed by atoms with Gasteiger partial charge >= 0.3 is 0 Å². The summed E-state index contributed by atoms with van der Waals surface area (Å²) < 4.78 is 4.52. The van der Waals surface area contributed by atoms with Crippen LogP contribution in [0.5, 0.6) is 0 Å². The Kier molecular flexibility index (Phi) is 3.09. The average molecular weight is 114 g/mol. The van der Waals surface area contributed by atoms with Crippen molar-refractivity contribution in [1.82, 2.24) is 0 Å². The molecule has 3 heteroatoms. The first-order valence-electron chi connectivity index (χ1n) is 2.61. The molecule has 0 saturated carbocycles. The van der Waals surface area contributed by atoms with Gasteiger partial charge in [-0.3, -0.25) is 0 Å². The largest absolute Gasteiger partial charge is 0.443 e. The predicted molar refractivity (Wildman–Crippen MR) is 32.6 cm³/mol. The van der Waals surface area contributed by atoms with Crippen LogP contribution in [0.25, 0.3) is 0 Å². The summed E-state index contributed by atoms with van der Waals surface area (Å²) in [5.74, 6) is 0. The van der Waals surface area contributed by atoms with Crippen LogP contribution in [0, 0.1) is 0 Å². The van der Waals surface area contributed by atoms with E-state index in [1.165, 1.54) is 0 Å². The minimum Gasteiger partial charge on any atom is -0.443 e. The van der Waals surface area contributed by atoms with Crippen molar-refractivity contribution < 1.29 is 9.76 Å². The molecule has 0 aromatic rings. The van der Waals surface area contributed by atoms with Gasteiger partial charge in [0.15, 0.2) is 0 Å². The second kappa shape index (κ2) is 3.10. The highest BCUT2D eigenvalue weighted by atomic mass is 16.4. The van der Waals surface area contributed by atoms with Crippen molar-refractivity contribution in [3.8, 4) is 0 Å². The second-order valence-electron chi connectivity index (χ2n) is 2.35. The summed E-state index contributed by atoms with van der Waals surface area (Å²) in [7, 11) is 4.88. The Balaban J connectivity index is 3.37. The molecule has 2 nitrogen and oxygen atoms in total. The molecule has 0 atom stereocenters. The van der Waals surface area contributed by atoms with Gasteiger partial charge in [0.05, 0.1) is 0 Å². The third kappa shape index (κ3) is 3.05. The summed E-state index contributed by atoms with van der Waals surface area (Å²) in [6.45, 7) is 3.76. The Morgan fingerprint density at radius 1 is 1.62 bits per heavy atom. The maximum atomic E-state index is 8.40. The van der Waals surface area contributed by atoms with E-state index in [1.807, 2.05) is 13.8 Å². The minimum atomic E-state index is -0.380. The van der Waals surface area contributed by atoms with Crippen LogP contribution in [0.2, 0.25) is 0 Å². The van der Waals surface area contributed by atoms with Crippen molar-refractivity contribution in [2.75, 3.05) is 6.61 Å². The van der Waals surface area contributed by atoms with E-state index in [4.69, 9.17) is 13.2 Å². The van der Waals surface area contributed by atoms with E-state index < -0.39 is 0 Å². The number of aliphatic hydroxyl groups is 1. The van der Waals surface area contributed by atoms with Gasteiger partial charge in [-0.05, 0) is 20.3 Å². The molecule has 0 spiro atoms. The highest BCUT2D eigenvalue weighted by Crippen LogP contribution is 2.10. The molecular weight excluding hydrogens is 103 g/mol. The van der Waals surface area contributed by atoms with Gasteiger partial charge in [-0.1, -0.05) is 0 Å². The Bertz CT molecular complexity index is 63.4. The molecule has 0 aromatic carbocycles. The minimum absolute atomic E-state index is 0.115. The maximum absolute atomic E-state index is 8.40. The molecule has 0 saturated heterocycles. The van der Waals surface area contributed by atoms with E-state index in [1.54, 1.807) is 0 Å². The molecule has 0 unspecified atom stereocenters. The average Bonchev–Trinajstić information content (AvgIpc) is 1.67. The lowest BCUT2D eigenvalue weighted by molar-refractivity contribution is 0.0868. The van der Waals surface area contributed by atoms with Gasteiger partial charge in [0.25, 0.3) is 8.05 Å². The van der Waals surface area contributed by atoms with Crippen LogP contribution in [-0.2, 0) is 4.65 Å². The Labute approximate surface area is 51.3 Å². The molecule has 0 aliphatic rings. The van der Waals surface area contributed by atoms with Crippen molar-refractivity contribution in [2.24, 2.45) is 0 Å². The standard InChI is InChI=1S/C5H11BO2/c1-5(2,8-6)3-4-7/h7H,3-4H2,1-2H3. The van der Waals surface area contributed by atoms with Crippen LogP contribution in [0.4, 0.5) is 0 Å². The number of hydrogen-bond donors (Lipinski definition) is 1. The molecule has 0 bridgehead atoms. The molecule has 0 aliphatic carbocycles. The highest BCUT2D eigenvalue weighted by molar-refractivity contribution is 5.98. The van der Waals surface area contributed by atoms with E-state index in [9.17, 15) is 0 Å². The fourth-order valence-corrected chi connectivity index (χ4v) is 0.328. The molecule has 0 heterocycles. The molecule has 46 valence electrons.